The molecule has 2 aromatic heterocycles. The number of halogens is 2. The summed E-state index contributed by atoms with van der Waals surface area (Å²) in [5, 5.41) is 29.5. The third-order valence-electron chi connectivity index (χ3n) is 5.38. The summed E-state index contributed by atoms with van der Waals surface area (Å²) in [5.41, 5.74) is 4.19. The minimum Gasteiger partial charge on any atom is -0.507 e. The van der Waals surface area contributed by atoms with Gasteiger partial charge in [0.15, 0.2) is 0 Å². The Bertz CT molecular complexity index is 1420. The predicted molar refractivity (Wildman–Crippen MR) is 155 cm³/mol. The van der Waals surface area contributed by atoms with Crippen LogP contribution in [-0.2, 0) is 32.7 Å². The van der Waals surface area contributed by atoms with Crippen molar-refractivity contribution >= 4 is 31.9 Å². The Kier molecular flexibility index (Phi) is 11.8. The van der Waals surface area contributed by atoms with Gasteiger partial charge < -0.3 is 17.6 Å². The van der Waals surface area contributed by atoms with Gasteiger partial charge in [-0.1, -0.05) is 55.5 Å². The van der Waals surface area contributed by atoms with Gasteiger partial charge in [-0.2, -0.15) is 10.2 Å². The second-order valence-electron chi connectivity index (χ2n) is 8.26. The molecule has 0 unspecified atom stereocenters. The first-order valence-electron chi connectivity index (χ1n) is 11.3. The summed E-state index contributed by atoms with van der Waals surface area (Å²) in [6.45, 7) is 0. The third-order valence-corrected chi connectivity index (χ3v) is 6.37. The van der Waals surface area contributed by atoms with Gasteiger partial charge in [0, 0.05) is 78.0 Å². The van der Waals surface area contributed by atoms with Gasteiger partial charge in [-0.3, -0.25) is 9.36 Å². The van der Waals surface area contributed by atoms with Crippen LogP contribution in [0.25, 0.3) is 22.5 Å². The van der Waals surface area contributed by atoms with E-state index in [1.807, 2.05) is 38.6 Å². The summed E-state index contributed by atoms with van der Waals surface area (Å²) in [6, 6.07) is 10.5. The fourth-order valence-electron chi connectivity index (χ4n) is 3.70. The van der Waals surface area contributed by atoms with E-state index >= 15 is 0 Å². The maximum atomic E-state index is 10.3. The second kappa shape index (κ2) is 14.3. The van der Waals surface area contributed by atoms with Crippen LogP contribution in [0, 0.1) is 31.1 Å². The number of phenols is 2. The molecule has 195 valence electrons. The fraction of sp³-hybridized carbons (Fsp3) is 0.207. The standard InChI is InChI=1S/C28H24Br2N4O2.CH3.V/c1-33-17-19(27(31-33)23-15-21(29)11-13-25(23)35)9-7-5-3-4-6-8-10-20-18-34(2)32-28(20)24-16-22(30)12-14-26(24)36;;/h11-18,35-36H,3-6H2,1-2H3;1H3;/q;-1;. The van der Waals surface area contributed by atoms with Gasteiger partial charge in [-0.15, -0.1) is 0 Å². The molecule has 0 atom stereocenters. The largest absolute Gasteiger partial charge is 0.507 e. The fourth-order valence-corrected chi connectivity index (χ4v) is 4.42. The van der Waals surface area contributed by atoms with Crippen LogP contribution in [0.4, 0.5) is 0 Å². The Morgan fingerprint density at radius 1 is 0.737 bits per heavy atom. The molecule has 38 heavy (non-hydrogen) atoms. The van der Waals surface area contributed by atoms with Crippen LogP contribution in [0.5, 0.6) is 11.5 Å². The average molecular weight is 674 g/mol. The molecule has 0 saturated carbocycles. The molecule has 2 N–H and O–H groups in total. The first-order chi connectivity index (χ1) is 17.3. The molecular weight excluding hydrogens is 647 g/mol. The van der Waals surface area contributed by atoms with Gasteiger partial charge in [0.05, 0.1) is 11.1 Å². The van der Waals surface area contributed by atoms with Crippen molar-refractivity contribution in [3.63, 3.8) is 0 Å². The molecule has 2 heterocycles. The number of rotatable bonds is 5. The van der Waals surface area contributed by atoms with E-state index in [4.69, 9.17) is 0 Å². The van der Waals surface area contributed by atoms with Gasteiger partial charge >= 0.3 is 0 Å². The van der Waals surface area contributed by atoms with Crippen molar-refractivity contribution in [1.82, 2.24) is 19.6 Å². The SMILES string of the molecule is Cn1cc(C#CCCCCC#Cc2cn(C)nc2-c2cc(Br)ccc2O)c(-c2cc(Br)ccc2O)n1.[CH3-].[V]. The van der Waals surface area contributed by atoms with Crippen LogP contribution in [0.1, 0.15) is 36.8 Å². The summed E-state index contributed by atoms with van der Waals surface area (Å²) in [5.74, 6) is 13.2. The zero-order valence-electron chi connectivity index (χ0n) is 21.3. The first kappa shape index (κ1) is 31.3. The summed E-state index contributed by atoms with van der Waals surface area (Å²) >= 11 is 6.89. The summed E-state index contributed by atoms with van der Waals surface area (Å²) in [4.78, 5) is 0. The van der Waals surface area contributed by atoms with Crippen LogP contribution in [0.15, 0.2) is 57.7 Å². The molecule has 0 aliphatic carbocycles. The van der Waals surface area contributed by atoms with Crippen molar-refractivity contribution in [3.8, 4) is 57.7 Å². The number of aromatic hydroxyl groups is 2. The van der Waals surface area contributed by atoms with Crippen molar-refractivity contribution in [3.05, 3.63) is 76.3 Å². The smallest absolute Gasteiger partial charge is 0.125 e. The molecule has 0 aliphatic rings. The molecule has 1 radical (unpaired) electrons. The zero-order valence-corrected chi connectivity index (χ0v) is 25.9. The molecule has 6 nitrogen and oxygen atoms in total. The van der Waals surface area contributed by atoms with Gasteiger partial charge in [0.1, 0.15) is 22.9 Å². The monoisotopic (exact) mass is 672 g/mol. The Hall–Kier alpha value is -2.88. The van der Waals surface area contributed by atoms with E-state index in [0.29, 0.717) is 22.5 Å². The summed E-state index contributed by atoms with van der Waals surface area (Å²) in [6.07, 6.45) is 7.05. The van der Waals surface area contributed by atoms with Crippen molar-refractivity contribution in [2.24, 2.45) is 14.1 Å². The van der Waals surface area contributed by atoms with Crippen LogP contribution < -0.4 is 0 Å². The molecule has 4 rings (SSSR count). The normalized spacial score (nSPS) is 9.89. The van der Waals surface area contributed by atoms with Crippen LogP contribution in [-0.4, -0.2) is 29.8 Å². The molecule has 0 saturated heterocycles. The zero-order chi connectivity index (χ0) is 25.7. The number of benzene rings is 2. The van der Waals surface area contributed by atoms with E-state index in [0.717, 1.165) is 45.8 Å². The molecule has 0 spiro atoms. The molecule has 9 heteroatoms. The van der Waals surface area contributed by atoms with Crippen LogP contribution in [0.2, 0.25) is 0 Å². The van der Waals surface area contributed by atoms with E-state index < -0.39 is 0 Å². The van der Waals surface area contributed by atoms with Crippen molar-refractivity contribution in [1.29, 1.82) is 0 Å². The summed E-state index contributed by atoms with van der Waals surface area (Å²) in [7, 11) is 3.68. The van der Waals surface area contributed by atoms with Crippen molar-refractivity contribution in [2.75, 3.05) is 0 Å². The maximum absolute atomic E-state index is 10.3. The number of unbranched alkanes of at least 4 members (excludes halogenated alkanes) is 3. The Balaban J connectivity index is 0.00000253. The number of phenolic OH excluding ortho intramolecular Hbond substituents is 2. The molecule has 2 aromatic carbocycles. The Labute approximate surface area is 252 Å². The van der Waals surface area contributed by atoms with Crippen molar-refractivity contribution < 1.29 is 28.8 Å². The quantitative estimate of drug-likeness (QED) is 0.138. The molecule has 0 aliphatic heterocycles. The minimum atomic E-state index is 0. The van der Waals surface area contributed by atoms with Gasteiger partial charge in [-0.25, -0.2) is 0 Å². The molecule has 4 aromatic rings. The predicted octanol–water partition coefficient (Wildman–Crippen LogP) is 6.84. The molecule has 0 bridgehead atoms. The van der Waals surface area contributed by atoms with Gasteiger partial charge in [0.25, 0.3) is 0 Å². The number of nitrogens with zero attached hydrogens (tertiary/aromatic N) is 4. The number of hydrogen-bond acceptors (Lipinski definition) is 4. The number of aryl methyl sites for hydroxylation is 2. The van der Waals surface area contributed by atoms with E-state index in [1.54, 1.807) is 33.6 Å². The Morgan fingerprint density at radius 2 is 1.13 bits per heavy atom. The van der Waals surface area contributed by atoms with E-state index in [1.165, 1.54) is 0 Å². The average Bonchev–Trinajstić information content (AvgIpc) is 3.40. The molecular formula is C29H27Br2N4O2V-. The number of hydrogen-bond donors (Lipinski definition) is 2. The Morgan fingerprint density at radius 3 is 1.53 bits per heavy atom. The van der Waals surface area contributed by atoms with E-state index in [9.17, 15) is 10.2 Å². The molecule has 0 amide bonds. The summed E-state index contributed by atoms with van der Waals surface area (Å²) < 4.78 is 5.15. The van der Waals surface area contributed by atoms with E-state index in [-0.39, 0.29) is 37.5 Å². The number of aromatic nitrogens is 4. The van der Waals surface area contributed by atoms with Crippen LogP contribution in [0.3, 0.4) is 0 Å². The topological polar surface area (TPSA) is 76.1 Å². The van der Waals surface area contributed by atoms with Gasteiger partial charge in [-0.05, 0) is 49.2 Å². The van der Waals surface area contributed by atoms with Crippen LogP contribution >= 0.6 is 31.9 Å². The molecule has 0 fully saturated rings. The minimum absolute atomic E-state index is 0. The van der Waals surface area contributed by atoms with Gasteiger partial charge in [0.2, 0.25) is 0 Å². The first-order valence-corrected chi connectivity index (χ1v) is 12.9. The second-order valence-corrected chi connectivity index (χ2v) is 10.1. The maximum Gasteiger partial charge on any atom is 0.125 e. The van der Waals surface area contributed by atoms with Crippen molar-refractivity contribution in [2.45, 2.75) is 25.7 Å². The third kappa shape index (κ3) is 7.82. The van der Waals surface area contributed by atoms with E-state index in [2.05, 4.69) is 65.7 Å².